The van der Waals surface area contributed by atoms with Crippen LogP contribution in [0.2, 0.25) is 0 Å². The van der Waals surface area contributed by atoms with E-state index in [2.05, 4.69) is 12.2 Å². The van der Waals surface area contributed by atoms with E-state index in [0.717, 1.165) is 41.3 Å². The first-order valence-corrected chi connectivity index (χ1v) is 6.15. The highest BCUT2D eigenvalue weighted by molar-refractivity contribution is 5.81. The van der Waals surface area contributed by atoms with Crippen LogP contribution in [-0.2, 0) is 6.54 Å². The SMILES string of the molecule is CCNCc1ccc(-c2cc3ccccc3o2)o1. The molecule has 18 heavy (non-hydrogen) atoms. The van der Waals surface area contributed by atoms with Gasteiger partial charge in [0.15, 0.2) is 11.5 Å². The van der Waals surface area contributed by atoms with Crippen molar-refractivity contribution in [2.45, 2.75) is 13.5 Å². The normalized spacial score (nSPS) is 11.2. The van der Waals surface area contributed by atoms with Gasteiger partial charge in [-0.3, -0.25) is 0 Å². The summed E-state index contributed by atoms with van der Waals surface area (Å²) in [5, 5.41) is 4.33. The highest BCUT2D eigenvalue weighted by Gasteiger charge is 2.09. The highest BCUT2D eigenvalue weighted by atomic mass is 16.4. The second-order valence-corrected chi connectivity index (χ2v) is 4.19. The molecule has 2 aromatic heterocycles. The summed E-state index contributed by atoms with van der Waals surface area (Å²) in [6.07, 6.45) is 0. The lowest BCUT2D eigenvalue weighted by molar-refractivity contribution is 0.482. The van der Waals surface area contributed by atoms with E-state index in [0.29, 0.717) is 0 Å². The third kappa shape index (κ3) is 2.05. The van der Waals surface area contributed by atoms with Crippen LogP contribution in [-0.4, -0.2) is 6.54 Å². The maximum absolute atomic E-state index is 5.76. The third-order valence-electron chi connectivity index (χ3n) is 2.88. The molecule has 0 unspecified atom stereocenters. The monoisotopic (exact) mass is 241 g/mol. The Kier molecular flexibility index (Phi) is 2.90. The van der Waals surface area contributed by atoms with E-state index in [1.807, 2.05) is 42.5 Å². The fraction of sp³-hybridized carbons (Fsp3) is 0.200. The molecule has 1 N–H and O–H groups in total. The molecule has 0 amide bonds. The first-order chi connectivity index (χ1) is 8.86. The minimum atomic E-state index is 0.747. The van der Waals surface area contributed by atoms with Gasteiger partial charge < -0.3 is 14.2 Å². The fourth-order valence-corrected chi connectivity index (χ4v) is 1.96. The quantitative estimate of drug-likeness (QED) is 0.755. The van der Waals surface area contributed by atoms with Crippen molar-refractivity contribution in [3.63, 3.8) is 0 Å². The molecular formula is C15H15NO2. The Balaban J connectivity index is 1.91. The fourth-order valence-electron chi connectivity index (χ4n) is 1.96. The van der Waals surface area contributed by atoms with Crippen LogP contribution >= 0.6 is 0 Å². The number of benzene rings is 1. The van der Waals surface area contributed by atoms with E-state index >= 15 is 0 Å². The number of hydrogen-bond acceptors (Lipinski definition) is 3. The minimum Gasteiger partial charge on any atom is -0.456 e. The molecular weight excluding hydrogens is 226 g/mol. The van der Waals surface area contributed by atoms with Gasteiger partial charge in [0.05, 0.1) is 6.54 Å². The summed E-state index contributed by atoms with van der Waals surface area (Å²) in [7, 11) is 0. The van der Waals surface area contributed by atoms with Gasteiger partial charge in [0.1, 0.15) is 11.3 Å². The van der Waals surface area contributed by atoms with E-state index in [1.54, 1.807) is 0 Å². The Hall–Kier alpha value is -2.00. The Morgan fingerprint density at radius 3 is 2.72 bits per heavy atom. The Bertz CT molecular complexity index is 618. The van der Waals surface area contributed by atoms with Crippen LogP contribution in [0.25, 0.3) is 22.5 Å². The zero-order valence-corrected chi connectivity index (χ0v) is 10.3. The van der Waals surface area contributed by atoms with E-state index < -0.39 is 0 Å². The largest absolute Gasteiger partial charge is 0.456 e. The van der Waals surface area contributed by atoms with Gasteiger partial charge >= 0.3 is 0 Å². The molecule has 0 aliphatic carbocycles. The van der Waals surface area contributed by atoms with E-state index in [1.165, 1.54) is 0 Å². The number of nitrogens with one attached hydrogen (secondary N) is 1. The molecule has 0 fully saturated rings. The molecule has 3 nitrogen and oxygen atoms in total. The van der Waals surface area contributed by atoms with Gasteiger partial charge in [-0.25, -0.2) is 0 Å². The Morgan fingerprint density at radius 2 is 1.89 bits per heavy atom. The highest BCUT2D eigenvalue weighted by Crippen LogP contribution is 2.28. The minimum absolute atomic E-state index is 0.747. The first-order valence-electron chi connectivity index (χ1n) is 6.15. The standard InChI is InChI=1S/C15H15NO2/c1-2-16-10-12-7-8-14(17-12)15-9-11-5-3-4-6-13(11)18-15/h3-9,16H,2,10H2,1H3. The number of para-hydroxylation sites is 1. The number of fused-ring (bicyclic) bond motifs is 1. The molecule has 3 rings (SSSR count). The predicted molar refractivity (Wildman–Crippen MR) is 71.3 cm³/mol. The summed E-state index contributed by atoms with van der Waals surface area (Å²) in [4.78, 5) is 0. The van der Waals surface area contributed by atoms with Gasteiger partial charge in [0, 0.05) is 5.39 Å². The molecule has 0 aliphatic rings. The van der Waals surface area contributed by atoms with Crippen molar-refractivity contribution in [1.82, 2.24) is 5.32 Å². The zero-order valence-electron chi connectivity index (χ0n) is 10.3. The molecule has 0 saturated carbocycles. The number of rotatable bonds is 4. The van der Waals surface area contributed by atoms with Gasteiger partial charge in [-0.2, -0.15) is 0 Å². The first kappa shape index (κ1) is 11.1. The van der Waals surface area contributed by atoms with Crippen molar-refractivity contribution in [1.29, 1.82) is 0 Å². The van der Waals surface area contributed by atoms with Crippen molar-refractivity contribution in [2.24, 2.45) is 0 Å². The molecule has 0 atom stereocenters. The van der Waals surface area contributed by atoms with Gasteiger partial charge in [0.2, 0.25) is 0 Å². The van der Waals surface area contributed by atoms with Crippen LogP contribution in [0.1, 0.15) is 12.7 Å². The van der Waals surface area contributed by atoms with Crippen LogP contribution in [0.4, 0.5) is 0 Å². The van der Waals surface area contributed by atoms with Gasteiger partial charge in [0.25, 0.3) is 0 Å². The lowest BCUT2D eigenvalue weighted by Crippen LogP contribution is -2.10. The summed E-state index contributed by atoms with van der Waals surface area (Å²) < 4.78 is 11.5. The third-order valence-corrected chi connectivity index (χ3v) is 2.88. The molecule has 2 heterocycles. The second kappa shape index (κ2) is 4.70. The Labute approximate surface area is 105 Å². The number of furan rings is 2. The summed E-state index contributed by atoms with van der Waals surface area (Å²) >= 11 is 0. The lowest BCUT2D eigenvalue weighted by atomic mass is 10.2. The van der Waals surface area contributed by atoms with Crippen molar-refractivity contribution in [3.05, 3.63) is 48.2 Å². The summed E-state index contributed by atoms with van der Waals surface area (Å²) in [6, 6.07) is 13.9. The maximum Gasteiger partial charge on any atom is 0.170 e. The summed E-state index contributed by atoms with van der Waals surface area (Å²) in [5.74, 6) is 2.48. The van der Waals surface area contributed by atoms with Crippen LogP contribution in [0.5, 0.6) is 0 Å². The molecule has 0 bridgehead atoms. The lowest BCUT2D eigenvalue weighted by Gasteiger charge is -1.96. The smallest absolute Gasteiger partial charge is 0.170 e. The molecule has 92 valence electrons. The van der Waals surface area contributed by atoms with Crippen LogP contribution < -0.4 is 5.32 Å². The van der Waals surface area contributed by atoms with Crippen LogP contribution in [0, 0.1) is 0 Å². The Morgan fingerprint density at radius 1 is 1.00 bits per heavy atom. The summed E-state index contributed by atoms with van der Waals surface area (Å²) in [5.41, 5.74) is 0.886. The maximum atomic E-state index is 5.76. The van der Waals surface area contributed by atoms with Crippen LogP contribution in [0.15, 0.2) is 51.3 Å². The molecule has 0 saturated heterocycles. The average Bonchev–Trinajstić information content (AvgIpc) is 3.02. The van der Waals surface area contributed by atoms with E-state index in [9.17, 15) is 0 Å². The zero-order chi connectivity index (χ0) is 12.4. The molecule has 3 heteroatoms. The number of hydrogen-bond donors (Lipinski definition) is 1. The van der Waals surface area contributed by atoms with E-state index in [-0.39, 0.29) is 0 Å². The van der Waals surface area contributed by atoms with Crippen LogP contribution in [0.3, 0.4) is 0 Å². The second-order valence-electron chi connectivity index (χ2n) is 4.19. The van der Waals surface area contributed by atoms with Crippen molar-refractivity contribution >= 4 is 11.0 Å². The molecule has 3 aromatic rings. The molecule has 1 aromatic carbocycles. The van der Waals surface area contributed by atoms with Gasteiger partial charge in [-0.05, 0) is 30.8 Å². The van der Waals surface area contributed by atoms with Gasteiger partial charge in [-0.1, -0.05) is 25.1 Å². The van der Waals surface area contributed by atoms with Crippen molar-refractivity contribution in [3.8, 4) is 11.5 Å². The molecule has 0 radical (unpaired) electrons. The van der Waals surface area contributed by atoms with Crippen molar-refractivity contribution < 1.29 is 8.83 Å². The van der Waals surface area contributed by atoms with E-state index in [4.69, 9.17) is 8.83 Å². The molecule has 0 aliphatic heterocycles. The molecule has 0 spiro atoms. The predicted octanol–water partition coefficient (Wildman–Crippen LogP) is 3.80. The summed E-state index contributed by atoms with van der Waals surface area (Å²) in [6.45, 7) is 3.75. The topological polar surface area (TPSA) is 38.3 Å². The van der Waals surface area contributed by atoms with Crippen molar-refractivity contribution in [2.75, 3.05) is 6.54 Å². The van der Waals surface area contributed by atoms with Gasteiger partial charge in [-0.15, -0.1) is 0 Å². The average molecular weight is 241 g/mol.